The number of carbonyl (C=O) groups excluding carboxylic acids is 2. The van der Waals surface area contributed by atoms with Crippen LogP contribution in [0.5, 0.6) is 0 Å². The lowest BCUT2D eigenvalue weighted by Gasteiger charge is -2.36. The Morgan fingerprint density at radius 1 is 1.20 bits per heavy atom. The Morgan fingerprint density at radius 2 is 1.96 bits per heavy atom. The minimum atomic E-state index is -0.963. The van der Waals surface area contributed by atoms with Gasteiger partial charge < -0.3 is 15.3 Å². The van der Waals surface area contributed by atoms with E-state index in [2.05, 4.69) is 5.32 Å². The van der Waals surface area contributed by atoms with Gasteiger partial charge in [0.05, 0.1) is 0 Å². The van der Waals surface area contributed by atoms with Gasteiger partial charge in [-0.3, -0.25) is 9.59 Å². The van der Waals surface area contributed by atoms with E-state index >= 15 is 0 Å². The van der Waals surface area contributed by atoms with Gasteiger partial charge in [-0.2, -0.15) is 0 Å². The third kappa shape index (κ3) is 3.52. The maximum absolute atomic E-state index is 12.8. The molecule has 1 saturated heterocycles. The average molecular weight is 344 g/mol. The Bertz CT molecular complexity index is 696. The van der Waals surface area contributed by atoms with E-state index in [4.69, 9.17) is 0 Å². The largest absolute Gasteiger partial charge is 0.480 e. The third-order valence-electron chi connectivity index (χ3n) is 5.42. The molecule has 6 heteroatoms. The first-order chi connectivity index (χ1) is 11.9. The molecule has 2 N–H and O–H groups in total. The lowest BCUT2D eigenvalue weighted by atomic mass is 9.70. The van der Waals surface area contributed by atoms with Crippen LogP contribution in [0.25, 0.3) is 0 Å². The van der Waals surface area contributed by atoms with E-state index in [1.165, 1.54) is 4.90 Å². The molecule has 1 aromatic rings. The Balaban J connectivity index is 1.75. The molecular weight excluding hydrogens is 320 g/mol. The minimum absolute atomic E-state index is 0.0234. The topological polar surface area (TPSA) is 86.7 Å². The van der Waals surface area contributed by atoms with Crippen molar-refractivity contribution in [3.63, 3.8) is 0 Å². The minimum Gasteiger partial charge on any atom is -0.480 e. The van der Waals surface area contributed by atoms with E-state index < -0.39 is 12.0 Å². The molecule has 0 aromatic heterocycles. The van der Waals surface area contributed by atoms with E-state index in [0.29, 0.717) is 24.2 Å². The average Bonchev–Trinajstić information content (AvgIpc) is 2.59. The number of carboxylic acid groups (broad SMARTS) is 1. The summed E-state index contributed by atoms with van der Waals surface area (Å²) in [6.45, 7) is 2.40. The van der Waals surface area contributed by atoms with Crippen molar-refractivity contribution in [3.05, 3.63) is 29.8 Å². The summed E-state index contributed by atoms with van der Waals surface area (Å²) in [6, 6.07) is 5.99. The van der Waals surface area contributed by atoms with Gasteiger partial charge >= 0.3 is 5.97 Å². The summed E-state index contributed by atoms with van der Waals surface area (Å²) < 4.78 is 0. The first-order valence-electron chi connectivity index (χ1n) is 8.86. The van der Waals surface area contributed by atoms with E-state index in [1.807, 2.05) is 6.92 Å². The van der Waals surface area contributed by atoms with Crippen LogP contribution in [-0.2, 0) is 9.59 Å². The summed E-state index contributed by atoms with van der Waals surface area (Å²) in [5.74, 6) is -1.28. The summed E-state index contributed by atoms with van der Waals surface area (Å²) in [6.07, 6.45) is 4.93. The van der Waals surface area contributed by atoms with Crippen molar-refractivity contribution in [1.29, 1.82) is 0 Å². The Labute approximate surface area is 147 Å². The number of likely N-dealkylation sites (tertiary alicyclic amines) is 1. The summed E-state index contributed by atoms with van der Waals surface area (Å²) in [5, 5.41) is 12.2. The van der Waals surface area contributed by atoms with Gasteiger partial charge in [-0.1, -0.05) is 19.4 Å². The zero-order valence-electron chi connectivity index (χ0n) is 14.5. The number of nitrogens with zero attached hydrogens (tertiary/aromatic N) is 1. The molecule has 2 amide bonds. The highest BCUT2D eigenvalue weighted by atomic mass is 16.4. The predicted octanol–water partition coefficient (Wildman–Crippen LogP) is 2.89. The fourth-order valence-corrected chi connectivity index (χ4v) is 3.54. The maximum atomic E-state index is 12.8. The number of carbonyl (C=O) groups is 3. The smallest absolute Gasteiger partial charge is 0.326 e. The van der Waals surface area contributed by atoms with Crippen LogP contribution in [0.3, 0.4) is 0 Å². The van der Waals surface area contributed by atoms with Gasteiger partial charge in [-0.25, -0.2) is 4.79 Å². The lowest BCUT2D eigenvalue weighted by molar-refractivity contribution is -0.143. The molecule has 2 aliphatic rings. The van der Waals surface area contributed by atoms with E-state index in [-0.39, 0.29) is 17.2 Å². The number of hydrogen-bond acceptors (Lipinski definition) is 3. The predicted molar refractivity (Wildman–Crippen MR) is 93.3 cm³/mol. The number of piperidine rings is 1. The van der Waals surface area contributed by atoms with E-state index in [9.17, 15) is 19.5 Å². The molecule has 25 heavy (non-hydrogen) atoms. The van der Waals surface area contributed by atoms with Gasteiger partial charge in [0, 0.05) is 23.2 Å². The number of carboxylic acids is 1. The highest BCUT2D eigenvalue weighted by Gasteiger charge is 2.39. The van der Waals surface area contributed by atoms with Crippen LogP contribution in [0.1, 0.15) is 55.8 Å². The molecular formula is C19H24N2O4. The molecule has 1 atom stereocenters. The van der Waals surface area contributed by atoms with Gasteiger partial charge in [-0.15, -0.1) is 0 Å². The highest BCUT2D eigenvalue weighted by molar-refractivity contribution is 6.00. The molecule has 134 valence electrons. The number of rotatable bonds is 4. The van der Waals surface area contributed by atoms with Crippen molar-refractivity contribution in [3.8, 4) is 0 Å². The number of anilines is 1. The molecule has 1 aromatic carbocycles. The van der Waals surface area contributed by atoms with Gasteiger partial charge in [0.1, 0.15) is 6.04 Å². The number of nitrogens with one attached hydrogen (secondary N) is 1. The van der Waals surface area contributed by atoms with Gasteiger partial charge in [0.2, 0.25) is 5.91 Å². The fraction of sp³-hybridized carbons (Fsp3) is 0.526. The monoisotopic (exact) mass is 344 g/mol. The molecule has 1 unspecified atom stereocenters. The van der Waals surface area contributed by atoms with Crippen molar-refractivity contribution in [2.75, 3.05) is 11.9 Å². The molecule has 1 aliphatic carbocycles. The Hall–Kier alpha value is -2.37. The fourth-order valence-electron chi connectivity index (χ4n) is 3.54. The molecule has 0 spiro atoms. The number of amides is 2. The Kier molecular flexibility index (Phi) is 4.79. The van der Waals surface area contributed by atoms with Crippen LogP contribution < -0.4 is 5.32 Å². The van der Waals surface area contributed by atoms with Gasteiger partial charge in [0.15, 0.2) is 0 Å². The van der Waals surface area contributed by atoms with Gasteiger partial charge in [-0.05, 0) is 50.3 Å². The van der Waals surface area contributed by atoms with Crippen molar-refractivity contribution in [2.45, 2.75) is 51.5 Å². The molecule has 2 fully saturated rings. The zero-order valence-corrected chi connectivity index (χ0v) is 14.5. The van der Waals surface area contributed by atoms with Crippen molar-refractivity contribution < 1.29 is 19.5 Å². The number of aliphatic carboxylic acids is 1. The molecule has 3 rings (SSSR count). The summed E-state index contributed by atoms with van der Waals surface area (Å²) in [7, 11) is 0. The summed E-state index contributed by atoms with van der Waals surface area (Å²) in [5.41, 5.74) is 0.666. The van der Waals surface area contributed by atoms with Crippen LogP contribution in [0.2, 0.25) is 0 Å². The van der Waals surface area contributed by atoms with Crippen LogP contribution in [0, 0.1) is 5.41 Å². The molecule has 0 radical (unpaired) electrons. The molecule has 1 heterocycles. The normalized spacial score (nSPS) is 22.0. The van der Waals surface area contributed by atoms with Crippen molar-refractivity contribution >= 4 is 23.5 Å². The standard InChI is InChI=1S/C19H24N2O4/c1-19(9-5-10-19)18(25)20-14-7-4-6-13(12-14)16(22)21-11-3-2-8-15(21)17(23)24/h4,6-7,12,15H,2-3,5,8-11H2,1H3,(H,20,25)(H,23,24). The van der Waals surface area contributed by atoms with Crippen molar-refractivity contribution in [1.82, 2.24) is 4.90 Å². The SMILES string of the molecule is CC1(C(=O)Nc2cccc(C(=O)N3CCCCC3C(=O)O)c2)CCC1. The maximum Gasteiger partial charge on any atom is 0.326 e. The second-order valence-corrected chi connectivity index (χ2v) is 7.30. The lowest BCUT2D eigenvalue weighted by Crippen LogP contribution is -2.48. The highest BCUT2D eigenvalue weighted by Crippen LogP contribution is 2.41. The van der Waals surface area contributed by atoms with Crippen LogP contribution >= 0.6 is 0 Å². The zero-order chi connectivity index (χ0) is 18.0. The molecule has 1 saturated carbocycles. The van der Waals surface area contributed by atoms with Crippen LogP contribution in [-0.4, -0.2) is 40.4 Å². The van der Waals surface area contributed by atoms with Crippen LogP contribution in [0.15, 0.2) is 24.3 Å². The van der Waals surface area contributed by atoms with Crippen LogP contribution in [0.4, 0.5) is 5.69 Å². The Morgan fingerprint density at radius 3 is 2.60 bits per heavy atom. The molecule has 0 bridgehead atoms. The first kappa shape index (κ1) is 17.5. The number of hydrogen-bond donors (Lipinski definition) is 2. The summed E-state index contributed by atoms with van der Waals surface area (Å²) >= 11 is 0. The van der Waals surface area contributed by atoms with E-state index in [0.717, 1.165) is 32.1 Å². The third-order valence-corrected chi connectivity index (χ3v) is 5.42. The van der Waals surface area contributed by atoms with Crippen molar-refractivity contribution in [2.24, 2.45) is 5.41 Å². The van der Waals surface area contributed by atoms with E-state index in [1.54, 1.807) is 24.3 Å². The second-order valence-electron chi connectivity index (χ2n) is 7.30. The molecule has 1 aliphatic heterocycles. The second kappa shape index (κ2) is 6.86. The van der Waals surface area contributed by atoms with Gasteiger partial charge in [0.25, 0.3) is 5.91 Å². The number of benzene rings is 1. The molecule has 6 nitrogen and oxygen atoms in total. The summed E-state index contributed by atoms with van der Waals surface area (Å²) in [4.78, 5) is 38.0. The first-order valence-corrected chi connectivity index (χ1v) is 8.86. The quantitative estimate of drug-likeness (QED) is 0.879.